The van der Waals surface area contributed by atoms with Gasteiger partial charge in [-0.3, -0.25) is 23.6 Å². The van der Waals surface area contributed by atoms with Crippen molar-refractivity contribution in [3.05, 3.63) is 165 Å². The number of nitrogens with zero attached hydrogens (tertiary/aromatic N) is 10. The summed E-state index contributed by atoms with van der Waals surface area (Å²) in [5.41, 5.74) is 4.58. The molecule has 0 unspecified atom stereocenters. The van der Waals surface area contributed by atoms with Crippen molar-refractivity contribution in [3.63, 3.8) is 0 Å². The summed E-state index contributed by atoms with van der Waals surface area (Å²) < 4.78 is 42.1. The third-order valence-electron chi connectivity index (χ3n) is 10.6. The van der Waals surface area contributed by atoms with Crippen LogP contribution in [0.1, 0.15) is 0 Å². The molecule has 5 heterocycles. The van der Waals surface area contributed by atoms with E-state index < -0.39 is 23.4 Å². The molecule has 0 radical (unpaired) electrons. The summed E-state index contributed by atoms with van der Waals surface area (Å²) in [6.45, 7) is 7.26. The van der Waals surface area contributed by atoms with Crippen LogP contribution in [-0.2, 0) is 23.7 Å². The van der Waals surface area contributed by atoms with Gasteiger partial charge in [-0.1, -0.05) is 43.5 Å². The Balaban J connectivity index is 1.11. The first-order valence-corrected chi connectivity index (χ1v) is 21.0. The highest BCUT2D eigenvalue weighted by molar-refractivity contribution is 6.05. The number of para-hydroxylation sites is 1. The van der Waals surface area contributed by atoms with Crippen LogP contribution in [0, 0.1) is 11.6 Å². The Kier molecular flexibility index (Phi) is 12.3. The van der Waals surface area contributed by atoms with Crippen molar-refractivity contribution < 1.29 is 23.1 Å². The largest absolute Gasteiger partial charge is 0.496 e. The number of aryl methyl sites for hydroxylation is 2. The third-order valence-corrected chi connectivity index (χ3v) is 10.6. The van der Waals surface area contributed by atoms with E-state index in [-0.39, 0.29) is 40.6 Å². The van der Waals surface area contributed by atoms with E-state index in [0.29, 0.717) is 56.0 Å². The Hall–Kier alpha value is -9.72. The molecule has 0 aliphatic carbocycles. The number of rotatable bonds is 16. The second kappa shape index (κ2) is 19.0. The zero-order valence-corrected chi connectivity index (χ0v) is 37.1. The van der Waals surface area contributed by atoms with Gasteiger partial charge in [0.1, 0.15) is 29.0 Å². The van der Waals surface area contributed by atoms with Gasteiger partial charge in [0.25, 0.3) is 5.91 Å². The number of anilines is 10. The molecule has 2 amide bonds. The maximum Gasteiger partial charge on any atom is 0.269 e. The van der Waals surface area contributed by atoms with E-state index in [1.54, 1.807) is 103 Å². The average molecular weight is 926 g/mol. The number of amides is 2. The number of hydrogen-bond donors (Lipinski definition) is 5. The van der Waals surface area contributed by atoms with Gasteiger partial charge in [0.2, 0.25) is 17.8 Å². The molecule has 18 nitrogen and oxygen atoms in total. The lowest BCUT2D eigenvalue weighted by Crippen LogP contribution is -2.34. The fraction of sp³-hybridized carbons (Fsp3) is 0.0612. The van der Waals surface area contributed by atoms with Gasteiger partial charge in [-0.05, 0) is 72.3 Å². The van der Waals surface area contributed by atoms with Gasteiger partial charge in [0.15, 0.2) is 0 Å². The molecule has 0 fully saturated rings. The second-order valence-corrected chi connectivity index (χ2v) is 15.2. The van der Waals surface area contributed by atoms with Gasteiger partial charge in [0.05, 0.1) is 53.5 Å². The molecule has 5 N–H and O–H groups in total. The molecule has 0 saturated carbocycles. The van der Waals surface area contributed by atoms with Gasteiger partial charge < -0.3 is 31.3 Å². The maximum absolute atomic E-state index is 16.1. The molecule has 0 aliphatic heterocycles. The first-order chi connectivity index (χ1) is 33.5. The van der Waals surface area contributed by atoms with E-state index in [4.69, 9.17) is 14.7 Å². The molecule has 344 valence electrons. The molecule has 0 aliphatic rings. The van der Waals surface area contributed by atoms with Gasteiger partial charge in [0, 0.05) is 72.8 Å². The average Bonchev–Trinajstić information content (AvgIpc) is 4.10. The molecule has 0 bridgehead atoms. The molecular formula is C49H41F2N15O3. The van der Waals surface area contributed by atoms with Crippen LogP contribution in [0.5, 0.6) is 5.75 Å². The molecule has 9 rings (SSSR count). The maximum atomic E-state index is 16.1. The third kappa shape index (κ3) is 9.38. The highest BCUT2D eigenvalue weighted by Crippen LogP contribution is 2.39. The minimum absolute atomic E-state index is 0.00957. The second-order valence-electron chi connectivity index (χ2n) is 15.2. The first-order valence-electron chi connectivity index (χ1n) is 21.0. The SMILES string of the molecule is C=CC(=O)Nc1ccc(F)c(Nc2nc(Nc3cnn(C)c3)ncc2-c2cccc3c2ccn3N(C(=O)C=C)c2ccc(F)c(Nc3nc(Nc4cnn(C)c4)ncc3-c3ccccc3OC)c2)c1. The van der Waals surface area contributed by atoms with Crippen molar-refractivity contribution in [2.45, 2.75) is 0 Å². The van der Waals surface area contributed by atoms with Crippen molar-refractivity contribution >= 4 is 80.4 Å². The smallest absolute Gasteiger partial charge is 0.269 e. The molecule has 5 aromatic heterocycles. The molecule has 9 aromatic rings. The lowest BCUT2D eigenvalue weighted by molar-refractivity contribution is -0.114. The Morgan fingerprint density at radius 1 is 0.667 bits per heavy atom. The van der Waals surface area contributed by atoms with E-state index in [1.807, 2.05) is 24.3 Å². The summed E-state index contributed by atoms with van der Waals surface area (Å²) in [6.07, 6.45) is 13.8. The zero-order chi connectivity index (χ0) is 48.2. The van der Waals surface area contributed by atoms with Gasteiger partial charge in [-0.2, -0.15) is 20.2 Å². The quantitative estimate of drug-likeness (QED) is 0.0575. The minimum atomic E-state index is -0.637. The topological polar surface area (TPSA) is 199 Å². The number of hydrogen-bond acceptors (Lipinski definition) is 13. The number of carbonyl (C=O) groups excluding carboxylic acids is 2. The number of methoxy groups -OCH3 is 1. The van der Waals surface area contributed by atoms with Crippen molar-refractivity contribution in [2.24, 2.45) is 14.1 Å². The fourth-order valence-corrected chi connectivity index (χ4v) is 7.46. The standard InChI is InChI=1S/C49H41F2N15O3/c1-6-44(67)56-29-15-17-38(50)40(21-29)59-46-36(25-52-48(61-46)57-30-23-54-63(3)27-30)33-12-10-13-42-34(33)19-20-65(42)66(45(68)7-2)32-16-18-39(51)41(22-32)60-47-37(35-11-8-9-14-43(35)69-5)26-53-49(62-47)58-31-24-55-64(4)28-31/h6-28H,1-2H2,3-5H3,(H,56,67)(H2,52,57,59,61)(H2,53,58,60,62). The normalized spacial score (nSPS) is 10.9. The van der Waals surface area contributed by atoms with E-state index in [9.17, 15) is 9.59 Å². The molecule has 0 atom stereocenters. The summed E-state index contributed by atoms with van der Waals surface area (Å²) in [7, 11) is 5.09. The number of carbonyl (C=O) groups is 2. The Morgan fingerprint density at radius 3 is 1.88 bits per heavy atom. The molecule has 0 spiro atoms. The fourth-order valence-electron chi connectivity index (χ4n) is 7.46. The van der Waals surface area contributed by atoms with Crippen molar-refractivity contribution in [1.82, 2.24) is 44.2 Å². The molecule has 4 aromatic carbocycles. The monoisotopic (exact) mass is 925 g/mol. The van der Waals surface area contributed by atoms with Crippen LogP contribution < -0.4 is 36.3 Å². The van der Waals surface area contributed by atoms with Crippen molar-refractivity contribution in [3.8, 4) is 28.0 Å². The predicted octanol–water partition coefficient (Wildman–Crippen LogP) is 9.39. The van der Waals surface area contributed by atoms with Crippen molar-refractivity contribution in [1.29, 1.82) is 0 Å². The van der Waals surface area contributed by atoms with Crippen LogP contribution in [0.4, 0.5) is 66.4 Å². The van der Waals surface area contributed by atoms with Crippen molar-refractivity contribution in [2.75, 3.05) is 38.7 Å². The van der Waals surface area contributed by atoms with E-state index in [0.717, 1.165) is 12.2 Å². The lowest BCUT2D eigenvalue weighted by atomic mass is 10.0. The van der Waals surface area contributed by atoms with Crippen LogP contribution in [-0.4, -0.2) is 63.1 Å². The van der Waals surface area contributed by atoms with E-state index in [2.05, 4.69) is 59.9 Å². The zero-order valence-electron chi connectivity index (χ0n) is 37.1. The first kappa shape index (κ1) is 44.5. The van der Waals surface area contributed by atoms with Crippen LogP contribution in [0.25, 0.3) is 33.2 Å². The lowest BCUT2D eigenvalue weighted by Gasteiger charge is -2.25. The van der Waals surface area contributed by atoms with Gasteiger partial charge in [-0.25, -0.2) is 23.8 Å². The van der Waals surface area contributed by atoms with Crippen LogP contribution in [0.3, 0.4) is 0 Å². The van der Waals surface area contributed by atoms with E-state index >= 15 is 8.78 Å². The number of fused-ring (bicyclic) bond motifs is 1. The number of benzene rings is 4. The number of aromatic nitrogens is 9. The summed E-state index contributed by atoms with van der Waals surface area (Å²) in [5.74, 6) is -0.910. The van der Waals surface area contributed by atoms with Crippen LogP contribution in [0.15, 0.2) is 154 Å². The number of halogens is 2. The van der Waals surface area contributed by atoms with Gasteiger partial charge >= 0.3 is 0 Å². The summed E-state index contributed by atoms with van der Waals surface area (Å²) >= 11 is 0. The molecular weight excluding hydrogens is 885 g/mol. The van der Waals surface area contributed by atoms with Gasteiger partial charge in [-0.15, -0.1) is 0 Å². The molecule has 69 heavy (non-hydrogen) atoms. The Morgan fingerprint density at radius 2 is 1.28 bits per heavy atom. The minimum Gasteiger partial charge on any atom is -0.496 e. The summed E-state index contributed by atoms with van der Waals surface area (Å²) in [6, 6.07) is 22.8. The van der Waals surface area contributed by atoms with Crippen LogP contribution >= 0.6 is 0 Å². The predicted molar refractivity (Wildman–Crippen MR) is 261 cm³/mol. The highest BCUT2D eigenvalue weighted by Gasteiger charge is 2.23. The van der Waals surface area contributed by atoms with Crippen LogP contribution in [0.2, 0.25) is 0 Å². The Bertz CT molecular complexity index is 3440. The summed E-state index contributed by atoms with van der Waals surface area (Å²) in [5, 5.41) is 25.5. The molecule has 0 saturated heterocycles. The highest BCUT2D eigenvalue weighted by atomic mass is 19.1. The number of ether oxygens (including phenoxy) is 1. The summed E-state index contributed by atoms with van der Waals surface area (Å²) in [4.78, 5) is 44.8. The Labute approximate surface area is 392 Å². The number of nitrogens with one attached hydrogen (secondary N) is 5. The molecule has 20 heteroatoms. The van der Waals surface area contributed by atoms with E-state index in [1.165, 1.54) is 41.4 Å².